The Morgan fingerprint density at radius 1 is 1.43 bits per heavy atom. The van der Waals surface area contributed by atoms with Crippen LogP contribution in [0.1, 0.15) is 33.8 Å². The van der Waals surface area contributed by atoms with Crippen LogP contribution in [0.25, 0.3) is 0 Å². The minimum atomic E-state index is 0.000521. The van der Waals surface area contributed by atoms with Gasteiger partial charge in [0.05, 0.1) is 11.3 Å². The molecule has 1 aliphatic rings. The second kappa shape index (κ2) is 7.19. The summed E-state index contributed by atoms with van der Waals surface area (Å²) in [6, 6.07) is 7.96. The number of carbonyl (C=O) groups excluding carboxylic acids is 1. The van der Waals surface area contributed by atoms with Crippen LogP contribution < -0.4 is 10.6 Å². The highest BCUT2D eigenvalue weighted by Crippen LogP contribution is 2.28. The van der Waals surface area contributed by atoms with Crippen molar-refractivity contribution in [3.8, 4) is 0 Å². The first-order chi connectivity index (χ1) is 11.1. The standard InChI is InChI=1S/C17H21N3O2S/c1-11-15(12(2)22-20-11)10-23-16-6-4-3-5-14(16)17(21)19-13-7-8-18-9-13/h3-6,13,18H,7-10H2,1-2H3,(H,19,21). The van der Waals surface area contributed by atoms with E-state index < -0.39 is 0 Å². The third-order valence-electron chi connectivity index (χ3n) is 4.08. The first-order valence-electron chi connectivity index (χ1n) is 7.80. The van der Waals surface area contributed by atoms with E-state index in [2.05, 4.69) is 15.8 Å². The molecule has 0 radical (unpaired) electrons. The number of hydrogen-bond acceptors (Lipinski definition) is 5. The minimum absolute atomic E-state index is 0.000521. The van der Waals surface area contributed by atoms with E-state index in [0.29, 0.717) is 0 Å². The second-order valence-corrected chi connectivity index (χ2v) is 6.77. The fourth-order valence-electron chi connectivity index (χ4n) is 2.68. The van der Waals surface area contributed by atoms with E-state index in [-0.39, 0.29) is 11.9 Å². The van der Waals surface area contributed by atoms with E-state index in [0.717, 1.165) is 52.7 Å². The molecule has 5 nitrogen and oxygen atoms in total. The summed E-state index contributed by atoms with van der Waals surface area (Å²) in [4.78, 5) is 13.5. The lowest BCUT2D eigenvalue weighted by Gasteiger charge is -2.13. The summed E-state index contributed by atoms with van der Waals surface area (Å²) in [5.41, 5.74) is 2.75. The molecule has 23 heavy (non-hydrogen) atoms. The molecule has 1 amide bonds. The van der Waals surface area contributed by atoms with Crippen LogP contribution >= 0.6 is 11.8 Å². The Bertz CT molecular complexity index is 673. The summed E-state index contributed by atoms with van der Waals surface area (Å²) in [7, 11) is 0. The Morgan fingerprint density at radius 2 is 2.26 bits per heavy atom. The van der Waals surface area contributed by atoms with Gasteiger partial charge in [-0.05, 0) is 38.9 Å². The molecule has 2 N–H and O–H groups in total. The Balaban J connectivity index is 1.71. The molecule has 1 unspecified atom stereocenters. The third kappa shape index (κ3) is 3.76. The summed E-state index contributed by atoms with van der Waals surface area (Å²) in [6.07, 6.45) is 0.986. The maximum absolute atomic E-state index is 12.5. The molecule has 0 bridgehead atoms. The van der Waals surface area contributed by atoms with E-state index in [1.807, 2.05) is 38.1 Å². The molecule has 0 aliphatic carbocycles. The highest BCUT2D eigenvalue weighted by Gasteiger charge is 2.19. The van der Waals surface area contributed by atoms with E-state index in [4.69, 9.17) is 4.52 Å². The van der Waals surface area contributed by atoms with Gasteiger partial charge in [0.1, 0.15) is 5.76 Å². The summed E-state index contributed by atoms with van der Waals surface area (Å²) < 4.78 is 5.20. The first kappa shape index (κ1) is 16.1. The number of carbonyl (C=O) groups is 1. The lowest BCUT2D eigenvalue weighted by Crippen LogP contribution is -2.36. The van der Waals surface area contributed by atoms with Crippen molar-refractivity contribution in [3.05, 3.63) is 46.8 Å². The normalized spacial score (nSPS) is 17.4. The van der Waals surface area contributed by atoms with Crippen molar-refractivity contribution in [3.63, 3.8) is 0 Å². The molecule has 1 aliphatic heterocycles. The van der Waals surface area contributed by atoms with Gasteiger partial charge >= 0.3 is 0 Å². The Kier molecular flexibility index (Phi) is 5.03. The number of benzene rings is 1. The largest absolute Gasteiger partial charge is 0.361 e. The molecule has 1 aromatic carbocycles. The van der Waals surface area contributed by atoms with Crippen molar-refractivity contribution in [2.75, 3.05) is 13.1 Å². The van der Waals surface area contributed by atoms with Crippen molar-refractivity contribution < 1.29 is 9.32 Å². The number of nitrogens with one attached hydrogen (secondary N) is 2. The van der Waals surface area contributed by atoms with Gasteiger partial charge in [0, 0.05) is 28.8 Å². The molecule has 0 saturated carbocycles. The topological polar surface area (TPSA) is 67.2 Å². The number of nitrogens with zero attached hydrogens (tertiary/aromatic N) is 1. The molecule has 1 atom stereocenters. The second-order valence-electron chi connectivity index (χ2n) is 5.75. The number of aromatic nitrogens is 1. The minimum Gasteiger partial charge on any atom is -0.361 e. The van der Waals surface area contributed by atoms with Crippen LogP contribution in [0.4, 0.5) is 0 Å². The summed E-state index contributed by atoms with van der Waals surface area (Å²) in [6.45, 7) is 5.67. The number of hydrogen-bond donors (Lipinski definition) is 2. The average molecular weight is 331 g/mol. The summed E-state index contributed by atoms with van der Waals surface area (Å²) in [5, 5.41) is 10.3. The van der Waals surface area contributed by atoms with Gasteiger partial charge in [0.25, 0.3) is 5.91 Å². The molecule has 1 saturated heterocycles. The van der Waals surface area contributed by atoms with Crippen LogP contribution in [0.3, 0.4) is 0 Å². The van der Waals surface area contributed by atoms with E-state index >= 15 is 0 Å². The van der Waals surface area contributed by atoms with Gasteiger partial charge in [0.15, 0.2) is 0 Å². The Hall–Kier alpha value is -1.79. The number of rotatable bonds is 5. The molecule has 2 heterocycles. The maximum atomic E-state index is 12.5. The zero-order valence-corrected chi connectivity index (χ0v) is 14.2. The molecule has 1 aromatic heterocycles. The maximum Gasteiger partial charge on any atom is 0.252 e. The van der Waals surface area contributed by atoms with Crippen LogP contribution in [0.5, 0.6) is 0 Å². The van der Waals surface area contributed by atoms with Crippen molar-refractivity contribution in [1.82, 2.24) is 15.8 Å². The van der Waals surface area contributed by atoms with Crippen LogP contribution in [-0.2, 0) is 5.75 Å². The van der Waals surface area contributed by atoms with E-state index in [1.165, 1.54) is 0 Å². The van der Waals surface area contributed by atoms with Crippen LogP contribution in [0.15, 0.2) is 33.7 Å². The number of thioether (sulfide) groups is 1. The van der Waals surface area contributed by atoms with Crippen LogP contribution in [0.2, 0.25) is 0 Å². The Labute approximate surface area is 140 Å². The van der Waals surface area contributed by atoms with Crippen molar-refractivity contribution in [2.45, 2.75) is 37.0 Å². The molecular formula is C17H21N3O2S. The zero-order chi connectivity index (χ0) is 16.2. The zero-order valence-electron chi connectivity index (χ0n) is 13.4. The Morgan fingerprint density at radius 3 is 2.96 bits per heavy atom. The number of amides is 1. The van der Waals surface area contributed by atoms with Crippen molar-refractivity contribution in [2.24, 2.45) is 0 Å². The van der Waals surface area contributed by atoms with Gasteiger partial charge in [-0.2, -0.15) is 0 Å². The summed E-state index contributed by atoms with van der Waals surface area (Å²) >= 11 is 1.64. The molecule has 6 heteroatoms. The van der Waals surface area contributed by atoms with Gasteiger partial charge in [-0.1, -0.05) is 17.3 Å². The quantitative estimate of drug-likeness (QED) is 0.825. The number of aryl methyl sites for hydroxylation is 2. The first-order valence-corrected chi connectivity index (χ1v) is 8.79. The van der Waals surface area contributed by atoms with E-state index in [9.17, 15) is 4.79 Å². The lowest BCUT2D eigenvalue weighted by molar-refractivity contribution is 0.0937. The fourth-order valence-corrected chi connectivity index (χ4v) is 3.88. The smallest absolute Gasteiger partial charge is 0.252 e. The SMILES string of the molecule is Cc1noc(C)c1CSc1ccccc1C(=O)NC1CCNC1. The molecule has 2 aromatic rings. The van der Waals surface area contributed by atoms with Crippen LogP contribution in [-0.4, -0.2) is 30.2 Å². The molecule has 3 rings (SSSR count). The molecular weight excluding hydrogens is 310 g/mol. The van der Waals surface area contributed by atoms with Gasteiger partial charge < -0.3 is 15.2 Å². The van der Waals surface area contributed by atoms with Gasteiger partial charge in [0.2, 0.25) is 0 Å². The predicted molar refractivity (Wildman–Crippen MR) is 90.7 cm³/mol. The monoisotopic (exact) mass is 331 g/mol. The molecule has 1 fully saturated rings. The highest BCUT2D eigenvalue weighted by molar-refractivity contribution is 7.98. The van der Waals surface area contributed by atoms with Gasteiger partial charge in [-0.15, -0.1) is 11.8 Å². The van der Waals surface area contributed by atoms with Crippen LogP contribution in [0, 0.1) is 13.8 Å². The fraction of sp³-hybridized carbons (Fsp3) is 0.412. The predicted octanol–water partition coefficient (Wildman–Crippen LogP) is 2.68. The lowest BCUT2D eigenvalue weighted by atomic mass is 10.2. The van der Waals surface area contributed by atoms with E-state index in [1.54, 1.807) is 11.8 Å². The highest BCUT2D eigenvalue weighted by atomic mass is 32.2. The van der Waals surface area contributed by atoms with Crippen molar-refractivity contribution >= 4 is 17.7 Å². The van der Waals surface area contributed by atoms with Gasteiger partial charge in [-0.3, -0.25) is 4.79 Å². The average Bonchev–Trinajstić information content (AvgIpc) is 3.16. The molecule has 0 spiro atoms. The van der Waals surface area contributed by atoms with Gasteiger partial charge in [-0.25, -0.2) is 0 Å². The molecule has 122 valence electrons. The van der Waals surface area contributed by atoms with Crippen molar-refractivity contribution in [1.29, 1.82) is 0 Å². The summed E-state index contributed by atoms with van der Waals surface area (Å²) in [5.74, 6) is 1.59. The third-order valence-corrected chi connectivity index (χ3v) is 5.18.